The number of cyclic esters (lactones) is 1. The van der Waals surface area contributed by atoms with Gasteiger partial charge in [0.2, 0.25) is 0 Å². The lowest BCUT2D eigenvalue weighted by molar-refractivity contribution is 0.184. The summed E-state index contributed by atoms with van der Waals surface area (Å²) in [6.07, 6.45) is -0.414. The molecular formula is C17H14INO2. The first-order valence-corrected chi connectivity index (χ1v) is 7.73. The van der Waals surface area contributed by atoms with E-state index in [1.165, 1.54) is 0 Å². The van der Waals surface area contributed by atoms with Crippen LogP contribution in [0.25, 0.3) is 5.76 Å². The number of halogens is 1. The van der Waals surface area contributed by atoms with Crippen molar-refractivity contribution in [2.45, 2.75) is 13.0 Å². The largest absolute Gasteiger partial charge is 0.413 e. The van der Waals surface area contributed by atoms with E-state index in [9.17, 15) is 4.79 Å². The van der Waals surface area contributed by atoms with E-state index in [0.717, 1.165) is 20.3 Å². The van der Waals surface area contributed by atoms with Crippen molar-refractivity contribution in [3.63, 3.8) is 0 Å². The summed E-state index contributed by atoms with van der Waals surface area (Å²) in [6.45, 7) is 2.04. The van der Waals surface area contributed by atoms with Gasteiger partial charge in [-0.15, -0.1) is 0 Å². The van der Waals surface area contributed by atoms with Crippen LogP contribution in [0.4, 0.5) is 4.79 Å². The molecule has 1 amide bonds. The molecule has 106 valence electrons. The topological polar surface area (TPSA) is 38.3 Å². The highest BCUT2D eigenvalue weighted by atomic mass is 127. The Morgan fingerprint density at radius 1 is 1.05 bits per heavy atom. The second-order valence-electron chi connectivity index (χ2n) is 4.87. The van der Waals surface area contributed by atoms with Crippen LogP contribution in [0.2, 0.25) is 0 Å². The molecule has 1 N–H and O–H groups in total. The van der Waals surface area contributed by atoms with Crippen molar-refractivity contribution in [3.05, 3.63) is 74.9 Å². The first kappa shape index (κ1) is 14.1. The molecule has 0 radical (unpaired) electrons. The van der Waals surface area contributed by atoms with Crippen LogP contribution < -0.4 is 5.32 Å². The Kier molecular flexibility index (Phi) is 3.96. The van der Waals surface area contributed by atoms with Crippen LogP contribution in [0.1, 0.15) is 22.7 Å². The van der Waals surface area contributed by atoms with Crippen molar-refractivity contribution in [2.24, 2.45) is 0 Å². The fourth-order valence-corrected chi connectivity index (χ4v) is 3.31. The van der Waals surface area contributed by atoms with E-state index in [1.54, 1.807) is 0 Å². The quantitative estimate of drug-likeness (QED) is 0.762. The number of amides is 1. The summed E-state index contributed by atoms with van der Waals surface area (Å²) in [5.41, 5.74) is 3.15. The number of carbonyl (C=O) groups is 1. The molecular weight excluding hydrogens is 377 g/mol. The number of rotatable bonds is 2. The fourth-order valence-electron chi connectivity index (χ4n) is 2.39. The Morgan fingerprint density at radius 2 is 1.71 bits per heavy atom. The fraction of sp³-hybridized carbons (Fsp3) is 0.118. The van der Waals surface area contributed by atoms with Crippen LogP contribution in [0.15, 0.2) is 58.2 Å². The highest BCUT2D eigenvalue weighted by Crippen LogP contribution is 2.38. The third-order valence-electron chi connectivity index (χ3n) is 3.46. The zero-order valence-electron chi connectivity index (χ0n) is 11.5. The van der Waals surface area contributed by atoms with Crippen molar-refractivity contribution in [1.29, 1.82) is 0 Å². The van der Waals surface area contributed by atoms with Gasteiger partial charge in [-0.2, -0.15) is 0 Å². The van der Waals surface area contributed by atoms with Crippen LogP contribution in [0, 0.1) is 6.92 Å². The molecule has 1 aliphatic rings. The first-order chi connectivity index (χ1) is 10.2. The molecule has 3 rings (SSSR count). The molecule has 2 aromatic carbocycles. The average molecular weight is 391 g/mol. The summed E-state index contributed by atoms with van der Waals surface area (Å²) in [5, 5.41) is 2.90. The summed E-state index contributed by atoms with van der Waals surface area (Å²) in [4.78, 5) is 11.9. The van der Waals surface area contributed by atoms with Crippen molar-refractivity contribution >= 4 is 34.4 Å². The summed E-state index contributed by atoms with van der Waals surface area (Å²) in [5.74, 6) is 0.633. The second-order valence-corrected chi connectivity index (χ2v) is 6.03. The van der Waals surface area contributed by atoms with Crippen LogP contribution in [-0.4, -0.2) is 6.09 Å². The molecule has 0 spiro atoms. The Hall–Kier alpha value is -1.82. The summed E-state index contributed by atoms with van der Waals surface area (Å²) < 4.78 is 6.38. The van der Waals surface area contributed by atoms with Gasteiger partial charge in [-0.05, 0) is 40.6 Å². The molecule has 2 aromatic rings. The zero-order chi connectivity index (χ0) is 14.8. The molecule has 0 fully saturated rings. The summed E-state index contributed by atoms with van der Waals surface area (Å²) in [6, 6.07) is 17.6. The SMILES string of the molecule is Cc1ccccc1[C@@H]1NC(=O)OC(c2ccccc2)=C1I. The number of nitrogens with one attached hydrogen (secondary N) is 1. The molecule has 4 heteroatoms. The maximum absolute atomic E-state index is 11.9. The predicted octanol–water partition coefficient (Wildman–Crippen LogP) is 4.58. The van der Waals surface area contributed by atoms with E-state index in [4.69, 9.17) is 4.74 Å². The Morgan fingerprint density at radius 3 is 2.43 bits per heavy atom. The van der Waals surface area contributed by atoms with Gasteiger partial charge in [-0.25, -0.2) is 4.79 Å². The van der Waals surface area contributed by atoms with Crippen LogP contribution in [0.5, 0.6) is 0 Å². The predicted molar refractivity (Wildman–Crippen MR) is 90.9 cm³/mol. The third-order valence-corrected chi connectivity index (χ3v) is 4.58. The van der Waals surface area contributed by atoms with Gasteiger partial charge in [0.25, 0.3) is 0 Å². The maximum atomic E-state index is 11.9. The first-order valence-electron chi connectivity index (χ1n) is 6.66. The summed E-state index contributed by atoms with van der Waals surface area (Å²) >= 11 is 2.25. The number of hydrogen-bond acceptors (Lipinski definition) is 2. The molecule has 0 aromatic heterocycles. The van der Waals surface area contributed by atoms with Gasteiger partial charge in [0.05, 0.1) is 9.62 Å². The molecule has 0 bridgehead atoms. The Bertz CT molecular complexity index is 710. The molecule has 1 aliphatic heterocycles. The van der Waals surface area contributed by atoms with Crippen molar-refractivity contribution in [2.75, 3.05) is 0 Å². The smallest absolute Gasteiger partial charge is 0.409 e. The van der Waals surface area contributed by atoms with E-state index in [1.807, 2.05) is 61.5 Å². The number of benzene rings is 2. The van der Waals surface area contributed by atoms with Gasteiger partial charge < -0.3 is 10.1 Å². The van der Waals surface area contributed by atoms with E-state index >= 15 is 0 Å². The lowest BCUT2D eigenvalue weighted by Gasteiger charge is -2.27. The van der Waals surface area contributed by atoms with E-state index < -0.39 is 6.09 Å². The monoisotopic (exact) mass is 391 g/mol. The number of alkyl carbamates (subject to hydrolysis) is 1. The normalized spacial score (nSPS) is 18.2. The Labute approximate surface area is 137 Å². The van der Waals surface area contributed by atoms with Gasteiger partial charge in [-0.3, -0.25) is 0 Å². The molecule has 1 heterocycles. The molecule has 1 atom stereocenters. The third kappa shape index (κ3) is 2.81. The van der Waals surface area contributed by atoms with E-state index in [0.29, 0.717) is 5.76 Å². The standard InChI is InChI=1S/C17H14INO2/c1-11-7-5-6-10-13(11)15-14(18)16(21-17(20)19-15)12-8-3-2-4-9-12/h2-10,15H,1H3,(H,19,20)/t15-/m0/s1. The van der Waals surface area contributed by atoms with Crippen molar-refractivity contribution in [1.82, 2.24) is 5.32 Å². The van der Waals surface area contributed by atoms with E-state index in [-0.39, 0.29) is 6.04 Å². The lowest BCUT2D eigenvalue weighted by atomic mass is 9.99. The molecule has 0 aliphatic carbocycles. The summed E-state index contributed by atoms with van der Waals surface area (Å²) in [7, 11) is 0. The lowest BCUT2D eigenvalue weighted by Crippen LogP contribution is -2.34. The number of hydrogen-bond donors (Lipinski definition) is 1. The van der Waals surface area contributed by atoms with Gasteiger partial charge >= 0.3 is 6.09 Å². The minimum atomic E-state index is -0.414. The number of carbonyl (C=O) groups excluding carboxylic acids is 1. The molecule has 0 saturated heterocycles. The highest BCUT2D eigenvalue weighted by molar-refractivity contribution is 14.1. The van der Waals surface area contributed by atoms with Crippen molar-refractivity contribution in [3.8, 4) is 0 Å². The van der Waals surface area contributed by atoms with Crippen LogP contribution in [-0.2, 0) is 4.74 Å². The van der Waals surface area contributed by atoms with Crippen LogP contribution >= 0.6 is 22.6 Å². The highest BCUT2D eigenvalue weighted by Gasteiger charge is 2.29. The minimum Gasteiger partial charge on any atom is -0.409 e. The number of aryl methyl sites for hydroxylation is 1. The molecule has 3 nitrogen and oxygen atoms in total. The van der Waals surface area contributed by atoms with Gasteiger partial charge in [-0.1, -0.05) is 54.6 Å². The molecule has 0 unspecified atom stereocenters. The minimum absolute atomic E-state index is 0.164. The van der Waals surface area contributed by atoms with Gasteiger partial charge in [0, 0.05) is 5.56 Å². The van der Waals surface area contributed by atoms with E-state index in [2.05, 4.69) is 27.9 Å². The zero-order valence-corrected chi connectivity index (χ0v) is 13.6. The van der Waals surface area contributed by atoms with Crippen LogP contribution in [0.3, 0.4) is 0 Å². The Balaban J connectivity index is 2.10. The van der Waals surface area contributed by atoms with Crippen molar-refractivity contribution < 1.29 is 9.53 Å². The number of ether oxygens (including phenoxy) is 1. The van der Waals surface area contributed by atoms with Gasteiger partial charge in [0.1, 0.15) is 0 Å². The maximum Gasteiger partial charge on any atom is 0.413 e. The molecule has 21 heavy (non-hydrogen) atoms. The molecule has 0 saturated carbocycles. The second kappa shape index (κ2) is 5.89. The van der Waals surface area contributed by atoms with Gasteiger partial charge in [0.15, 0.2) is 5.76 Å². The average Bonchev–Trinajstić information content (AvgIpc) is 2.51.